The third-order valence-corrected chi connectivity index (χ3v) is 10.1. The average molecular weight is 629 g/mol. The molecule has 1 aliphatic rings. The van der Waals surface area contributed by atoms with Gasteiger partial charge in [-0.25, -0.2) is 0 Å². The molecule has 0 radical (unpaired) electrons. The molecule has 44 heavy (non-hydrogen) atoms. The summed E-state index contributed by atoms with van der Waals surface area (Å²) in [6.45, 7) is 16.7. The summed E-state index contributed by atoms with van der Waals surface area (Å²) < 4.78 is 32.7. The van der Waals surface area contributed by atoms with E-state index in [0.717, 1.165) is 76.8 Å². The summed E-state index contributed by atoms with van der Waals surface area (Å²) in [4.78, 5) is 0. The van der Waals surface area contributed by atoms with E-state index < -0.39 is 0 Å². The minimum absolute atomic E-state index is 0.0246. The van der Waals surface area contributed by atoms with Gasteiger partial charge < -0.3 is 23.7 Å². The van der Waals surface area contributed by atoms with Gasteiger partial charge in [0, 0.05) is 32.0 Å². The van der Waals surface area contributed by atoms with Crippen LogP contribution in [0, 0.1) is 13.8 Å². The third kappa shape index (κ3) is 11.0. The van der Waals surface area contributed by atoms with Crippen LogP contribution in [0.25, 0.3) is 0 Å². The number of ether oxygens (including phenoxy) is 5. The fourth-order valence-corrected chi connectivity index (χ4v) is 7.33. The largest absolute Gasteiger partial charge is 0.496 e. The number of thioether (sulfide) groups is 1. The number of aryl methyl sites for hydroxylation is 2. The second kappa shape index (κ2) is 20.5. The lowest BCUT2D eigenvalue weighted by Gasteiger charge is -2.46. The Balaban J connectivity index is 2.07. The summed E-state index contributed by atoms with van der Waals surface area (Å²) in [5.41, 5.74) is 6.34. The van der Waals surface area contributed by atoms with E-state index in [2.05, 4.69) is 77.9 Å². The van der Waals surface area contributed by atoms with Crippen molar-refractivity contribution in [2.24, 2.45) is 0 Å². The Morgan fingerprint density at radius 3 is 1.84 bits per heavy atom. The van der Waals surface area contributed by atoms with Gasteiger partial charge in [-0.15, -0.1) is 11.8 Å². The molecule has 248 valence electrons. The van der Waals surface area contributed by atoms with Gasteiger partial charge in [0.15, 0.2) is 0 Å². The molecular weight excluding hydrogens is 568 g/mol. The van der Waals surface area contributed by atoms with Crippen LogP contribution in [0.3, 0.4) is 0 Å². The summed E-state index contributed by atoms with van der Waals surface area (Å²) in [6.07, 6.45) is 8.96. The van der Waals surface area contributed by atoms with Gasteiger partial charge in [0.05, 0.1) is 24.2 Å². The molecule has 1 saturated heterocycles. The van der Waals surface area contributed by atoms with Gasteiger partial charge >= 0.3 is 0 Å². The zero-order chi connectivity index (χ0) is 31.7. The molecular formula is C38H60O5S. The zero-order valence-electron chi connectivity index (χ0n) is 28.7. The zero-order valence-corrected chi connectivity index (χ0v) is 29.5. The Morgan fingerprint density at radius 1 is 0.682 bits per heavy atom. The standard InChI is InChI=1S/C38H60O5S/c1-8-12-20-40-27-34-35(41-21-13-9-2)36(42-22-14-10-3)37(43-23-15-11-4)38(44-34)32-26-31(29(6)24-33(32)39-7)25-30-18-16-28(5)17-19-30/h16-19,24,26,34-38H,8-15,20-23,25,27H2,1-7H3/t34-,35-,36+,37-,38+/m1/s1. The molecule has 0 saturated carbocycles. The topological polar surface area (TPSA) is 46.2 Å². The minimum Gasteiger partial charge on any atom is -0.496 e. The van der Waals surface area contributed by atoms with Crippen molar-refractivity contribution in [3.05, 3.63) is 64.2 Å². The van der Waals surface area contributed by atoms with Crippen molar-refractivity contribution in [2.45, 2.75) is 128 Å². The summed E-state index contributed by atoms with van der Waals surface area (Å²) >= 11 is 1.94. The summed E-state index contributed by atoms with van der Waals surface area (Å²) in [7, 11) is 1.79. The first-order valence-electron chi connectivity index (χ1n) is 17.3. The quantitative estimate of drug-likeness (QED) is 0.128. The number of hydrogen-bond acceptors (Lipinski definition) is 6. The molecule has 5 nitrogen and oxygen atoms in total. The fourth-order valence-electron chi connectivity index (χ4n) is 5.67. The molecule has 6 heteroatoms. The van der Waals surface area contributed by atoms with E-state index in [1.165, 1.54) is 27.8 Å². The smallest absolute Gasteiger partial charge is 0.123 e. The first-order valence-corrected chi connectivity index (χ1v) is 18.2. The predicted octanol–water partition coefficient (Wildman–Crippen LogP) is 9.43. The number of rotatable bonds is 21. The van der Waals surface area contributed by atoms with Crippen LogP contribution < -0.4 is 4.74 Å². The van der Waals surface area contributed by atoms with Crippen molar-refractivity contribution in [3.63, 3.8) is 0 Å². The maximum absolute atomic E-state index is 6.84. The van der Waals surface area contributed by atoms with Crippen LogP contribution >= 0.6 is 11.8 Å². The van der Waals surface area contributed by atoms with Crippen LogP contribution in [-0.4, -0.2) is 63.7 Å². The van der Waals surface area contributed by atoms with Gasteiger partial charge in [-0.3, -0.25) is 0 Å². The highest BCUT2D eigenvalue weighted by molar-refractivity contribution is 8.00. The molecule has 0 unspecified atom stereocenters. The predicted molar refractivity (Wildman–Crippen MR) is 186 cm³/mol. The monoisotopic (exact) mass is 628 g/mol. The maximum atomic E-state index is 6.84. The van der Waals surface area contributed by atoms with Crippen molar-refractivity contribution < 1.29 is 23.7 Å². The molecule has 0 spiro atoms. The van der Waals surface area contributed by atoms with Crippen molar-refractivity contribution in [1.29, 1.82) is 0 Å². The summed E-state index contributed by atoms with van der Waals surface area (Å²) in [5, 5.41) is 0.148. The first kappa shape index (κ1) is 36.9. The highest BCUT2D eigenvalue weighted by atomic mass is 32.2. The van der Waals surface area contributed by atoms with E-state index in [0.29, 0.717) is 19.8 Å². The highest BCUT2D eigenvalue weighted by Crippen LogP contribution is 2.49. The van der Waals surface area contributed by atoms with Gasteiger partial charge in [0.2, 0.25) is 0 Å². The molecule has 0 amide bonds. The molecule has 1 aliphatic heterocycles. The molecule has 2 aromatic rings. The van der Waals surface area contributed by atoms with Gasteiger partial charge in [-0.1, -0.05) is 89.3 Å². The van der Waals surface area contributed by atoms with Crippen LogP contribution in [0.4, 0.5) is 0 Å². The van der Waals surface area contributed by atoms with Gasteiger partial charge in [0.25, 0.3) is 0 Å². The lowest BCUT2D eigenvalue weighted by molar-refractivity contribution is -0.149. The lowest BCUT2D eigenvalue weighted by atomic mass is 9.91. The molecule has 1 fully saturated rings. The second-order valence-corrected chi connectivity index (χ2v) is 13.7. The van der Waals surface area contributed by atoms with E-state index in [4.69, 9.17) is 23.7 Å². The Hall–Kier alpha value is -1.57. The number of hydrogen-bond donors (Lipinski definition) is 0. The van der Waals surface area contributed by atoms with Crippen LogP contribution in [0.15, 0.2) is 36.4 Å². The number of methoxy groups -OCH3 is 1. The molecule has 0 bridgehead atoms. The van der Waals surface area contributed by atoms with Crippen LogP contribution in [0.5, 0.6) is 5.75 Å². The van der Waals surface area contributed by atoms with Crippen molar-refractivity contribution in [3.8, 4) is 5.75 Å². The summed E-state index contributed by atoms with van der Waals surface area (Å²) in [5.74, 6) is 0.917. The molecule has 0 aromatic heterocycles. The van der Waals surface area contributed by atoms with Gasteiger partial charge in [-0.05, 0) is 68.7 Å². The average Bonchev–Trinajstić information content (AvgIpc) is 3.03. The fraction of sp³-hybridized carbons (Fsp3) is 0.684. The normalized spacial score (nSPS) is 21.9. The Bertz CT molecular complexity index is 1060. The second-order valence-electron chi connectivity index (χ2n) is 12.3. The van der Waals surface area contributed by atoms with Crippen LogP contribution in [0.1, 0.15) is 112 Å². The van der Waals surface area contributed by atoms with Gasteiger partial charge in [-0.2, -0.15) is 0 Å². The maximum Gasteiger partial charge on any atom is 0.123 e. The Labute approximate surface area is 273 Å². The number of unbranched alkanes of at least 4 members (excludes halogenated alkanes) is 4. The van der Waals surface area contributed by atoms with Crippen LogP contribution in [-0.2, 0) is 25.4 Å². The molecule has 0 N–H and O–H groups in total. The number of benzene rings is 2. The minimum atomic E-state index is -0.187. The highest BCUT2D eigenvalue weighted by Gasteiger charge is 2.49. The van der Waals surface area contributed by atoms with Crippen molar-refractivity contribution in [1.82, 2.24) is 0 Å². The Morgan fingerprint density at radius 2 is 1.25 bits per heavy atom. The van der Waals surface area contributed by atoms with E-state index in [9.17, 15) is 0 Å². The van der Waals surface area contributed by atoms with E-state index >= 15 is 0 Å². The van der Waals surface area contributed by atoms with E-state index in [-0.39, 0.29) is 28.8 Å². The molecule has 1 heterocycles. The first-order chi connectivity index (χ1) is 21.5. The summed E-state index contributed by atoms with van der Waals surface area (Å²) in [6, 6.07) is 13.5. The van der Waals surface area contributed by atoms with Crippen LogP contribution in [0.2, 0.25) is 0 Å². The third-order valence-electron chi connectivity index (χ3n) is 8.49. The van der Waals surface area contributed by atoms with Crippen molar-refractivity contribution in [2.75, 3.05) is 40.1 Å². The van der Waals surface area contributed by atoms with E-state index in [1.54, 1.807) is 7.11 Å². The van der Waals surface area contributed by atoms with Gasteiger partial charge in [0.1, 0.15) is 24.1 Å². The van der Waals surface area contributed by atoms with E-state index in [1.807, 2.05) is 11.8 Å². The Kier molecular flexibility index (Phi) is 17.2. The molecule has 5 atom stereocenters. The lowest BCUT2D eigenvalue weighted by Crippen LogP contribution is -2.55. The molecule has 2 aromatic carbocycles. The molecule has 3 rings (SSSR count). The SMILES string of the molecule is CCCCOC[C@H]1S[C@@H](c2cc(Cc3ccc(C)cc3)c(C)cc2OC)[C@H](OCCCC)[C@@H](OCCCC)[C@@H]1OCCCC. The van der Waals surface area contributed by atoms with Crippen molar-refractivity contribution >= 4 is 11.8 Å². The molecule has 0 aliphatic carbocycles.